The van der Waals surface area contributed by atoms with Crippen LogP contribution in [0.5, 0.6) is 0 Å². The Morgan fingerprint density at radius 1 is 1.44 bits per heavy atom. The predicted octanol–water partition coefficient (Wildman–Crippen LogP) is 1.62. The van der Waals surface area contributed by atoms with Gasteiger partial charge in [0.2, 0.25) is 0 Å². The molecule has 0 saturated heterocycles. The Morgan fingerprint density at radius 2 is 2.11 bits per heavy atom. The maximum atomic E-state index is 11.7. The lowest BCUT2D eigenvalue weighted by atomic mass is 10.2. The van der Waals surface area contributed by atoms with Crippen molar-refractivity contribution in [3.63, 3.8) is 0 Å². The number of carbonyl (C=O) groups is 1. The summed E-state index contributed by atoms with van der Waals surface area (Å²) in [6.45, 7) is 0.0626. The van der Waals surface area contributed by atoms with Gasteiger partial charge in [-0.3, -0.25) is 0 Å². The summed E-state index contributed by atoms with van der Waals surface area (Å²) in [6, 6.07) is 4.82. The lowest BCUT2D eigenvalue weighted by molar-refractivity contribution is 0.0504. The van der Waals surface area contributed by atoms with Gasteiger partial charge in [0.05, 0.1) is 17.9 Å². The molecule has 5 nitrogen and oxygen atoms in total. The molecule has 1 rings (SSSR count). The molecule has 0 unspecified atom stereocenters. The Bertz CT molecular complexity index is 542. The van der Waals surface area contributed by atoms with Gasteiger partial charge in [-0.2, -0.15) is 0 Å². The Labute approximate surface area is 114 Å². The molecule has 0 aromatic heterocycles. The molecule has 0 aliphatic carbocycles. The Kier molecular flexibility index (Phi) is 5.15. The van der Waals surface area contributed by atoms with Crippen molar-refractivity contribution in [2.75, 3.05) is 24.3 Å². The van der Waals surface area contributed by atoms with Crippen molar-refractivity contribution in [1.29, 1.82) is 0 Å². The quantitative estimate of drug-likeness (QED) is 0.502. The monoisotopic (exact) mass is 335 g/mol. The maximum absolute atomic E-state index is 11.7. The number of halogens is 1. The molecule has 0 radical (unpaired) electrons. The molecule has 0 atom stereocenters. The molecule has 0 spiro atoms. The average molecular weight is 336 g/mol. The van der Waals surface area contributed by atoms with Crippen LogP contribution >= 0.6 is 15.9 Å². The van der Waals surface area contributed by atoms with E-state index in [1.165, 1.54) is 6.07 Å². The number of hydrogen-bond donors (Lipinski definition) is 1. The number of hydrogen-bond acceptors (Lipinski definition) is 5. The molecular formula is C11H14BrNO4S. The lowest BCUT2D eigenvalue weighted by Gasteiger charge is -2.06. The van der Waals surface area contributed by atoms with Crippen molar-refractivity contribution in [2.45, 2.75) is 6.42 Å². The van der Waals surface area contributed by atoms with Gasteiger partial charge in [0.15, 0.2) is 0 Å². The summed E-state index contributed by atoms with van der Waals surface area (Å²) < 4.78 is 27.3. The smallest absolute Gasteiger partial charge is 0.339 e. The number of ether oxygens (including phenoxy) is 1. The van der Waals surface area contributed by atoms with E-state index in [4.69, 9.17) is 10.5 Å². The zero-order valence-corrected chi connectivity index (χ0v) is 12.3. The summed E-state index contributed by atoms with van der Waals surface area (Å²) in [5.74, 6) is -0.527. The highest BCUT2D eigenvalue weighted by Crippen LogP contribution is 2.20. The SMILES string of the molecule is CS(=O)(=O)CCCOC(=O)c1cc(N)ccc1Br. The summed E-state index contributed by atoms with van der Waals surface area (Å²) in [7, 11) is -3.02. The number of benzene rings is 1. The van der Waals surface area contributed by atoms with E-state index in [-0.39, 0.29) is 18.8 Å². The van der Waals surface area contributed by atoms with E-state index >= 15 is 0 Å². The van der Waals surface area contributed by atoms with Gasteiger partial charge >= 0.3 is 5.97 Å². The fourth-order valence-electron chi connectivity index (χ4n) is 1.26. The highest BCUT2D eigenvalue weighted by Gasteiger charge is 2.12. The molecule has 1 aromatic rings. The van der Waals surface area contributed by atoms with Crippen LogP contribution in [0.4, 0.5) is 5.69 Å². The molecule has 0 fully saturated rings. The first-order valence-electron chi connectivity index (χ1n) is 5.19. The standard InChI is InChI=1S/C11H14BrNO4S/c1-18(15,16)6-2-5-17-11(14)9-7-8(13)3-4-10(9)12/h3-4,7H,2,5-6,13H2,1H3. The number of rotatable bonds is 5. The van der Waals surface area contributed by atoms with E-state index in [9.17, 15) is 13.2 Å². The molecule has 100 valence electrons. The second-order valence-corrected chi connectivity index (χ2v) is 6.97. The summed E-state index contributed by atoms with van der Waals surface area (Å²) in [6.07, 6.45) is 1.42. The van der Waals surface area contributed by atoms with Crippen LogP contribution in [0.1, 0.15) is 16.8 Å². The predicted molar refractivity (Wildman–Crippen MR) is 73.2 cm³/mol. The molecule has 0 heterocycles. The van der Waals surface area contributed by atoms with Crippen LogP contribution in [-0.4, -0.2) is 33.0 Å². The van der Waals surface area contributed by atoms with Crippen LogP contribution in [0.3, 0.4) is 0 Å². The van der Waals surface area contributed by atoms with E-state index in [0.29, 0.717) is 15.7 Å². The van der Waals surface area contributed by atoms with Crippen LogP contribution in [0.2, 0.25) is 0 Å². The van der Waals surface area contributed by atoms with Gasteiger partial charge in [-0.15, -0.1) is 0 Å². The van der Waals surface area contributed by atoms with Gasteiger partial charge in [-0.25, -0.2) is 13.2 Å². The van der Waals surface area contributed by atoms with Gasteiger partial charge in [-0.05, 0) is 40.5 Å². The van der Waals surface area contributed by atoms with Crippen molar-refractivity contribution in [1.82, 2.24) is 0 Å². The largest absolute Gasteiger partial charge is 0.462 e. The number of sulfone groups is 1. The Morgan fingerprint density at radius 3 is 2.72 bits per heavy atom. The molecule has 0 saturated carbocycles. The molecule has 0 aliphatic heterocycles. The lowest BCUT2D eigenvalue weighted by Crippen LogP contribution is -2.11. The van der Waals surface area contributed by atoms with Crippen molar-refractivity contribution < 1.29 is 17.9 Å². The zero-order valence-electron chi connectivity index (χ0n) is 9.85. The van der Waals surface area contributed by atoms with E-state index in [2.05, 4.69) is 15.9 Å². The molecule has 2 N–H and O–H groups in total. The van der Waals surface area contributed by atoms with Gasteiger partial charge in [0, 0.05) is 16.4 Å². The number of nitrogens with two attached hydrogens (primary N) is 1. The molecule has 1 aromatic carbocycles. The second kappa shape index (κ2) is 6.19. The summed E-state index contributed by atoms with van der Waals surface area (Å²) in [5.41, 5.74) is 6.36. The molecule has 0 aliphatic rings. The summed E-state index contributed by atoms with van der Waals surface area (Å²) >= 11 is 3.22. The normalized spacial score (nSPS) is 11.2. The topological polar surface area (TPSA) is 86.5 Å². The van der Waals surface area contributed by atoms with Crippen molar-refractivity contribution in [3.8, 4) is 0 Å². The Balaban J connectivity index is 2.53. The molecule has 7 heteroatoms. The van der Waals surface area contributed by atoms with Crippen LogP contribution in [0, 0.1) is 0 Å². The van der Waals surface area contributed by atoms with Gasteiger partial charge in [0.1, 0.15) is 9.84 Å². The molecule has 0 amide bonds. The van der Waals surface area contributed by atoms with Gasteiger partial charge in [0.25, 0.3) is 0 Å². The fourth-order valence-corrected chi connectivity index (χ4v) is 2.31. The second-order valence-electron chi connectivity index (χ2n) is 3.86. The fraction of sp³-hybridized carbons (Fsp3) is 0.364. The van der Waals surface area contributed by atoms with Crippen LogP contribution in [0.15, 0.2) is 22.7 Å². The zero-order chi connectivity index (χ0) is 13.8. The highest BCUT2D eigenvalue weighted by atomic mass is 79.9. The van der Waals surface area contributed by atoms with E-state index < -0.39 is 15.8 Å². The van der Waals surface area contributed by atoms with Crippen molar-refractivity contribution in [3.05, 3.63) is 28.2 Å². The first kappa shape index (κ1) is 15.0. The Hall–Kier alpha value is -1.08. The first-order chi connectivity index (χ1) is 8.29. The number of anilines is 1. The van der Waals surface area contributed by atoms with E-state index in [0.717, 1.165) is 6.26 Å². The van der Waals surface area contributed by atoms with Gasteiger partial charge in [-0.1, -0.05) is 0 Å². The molecular weight excluding hydrogens is 322 g/mol. The third-order valence-electron chi connectivity index (χ3n) is 2.10. The van der Waals surface area contributed by atoms with Crippen LogP contribution in [-0.2, 0) is 14.6 Å². The third-order valence-corrected chi connectivity index (χ3v) is 3.82. The minimum Gasteiger partial charge on any atom is -0.462 e. The molecule has 18 heavy (non-hydrogen) atoms. The maximum Gasteiger partial charge on any atom is 0.339 e. The van der Waals surface area contributed by atoms with Crippen molar-refractivity contribution in [2.24, 2.45) is 0 Å². The number of esters is 1. The third kappa shape index (κ3) is 5.05. The molecule has 0 bridgehead atoms. The minimum absolute atomic E-state index is 0.00161. The summed E-state index contributed by atoms with van der Waals surface area (Å²) in [4.78, 5) is 11.7. The van der Waals surface area contributed by atoms with Crippen molar-refractivity contribution >= 4 is 37.4 Å². The van der Waals surface area contributed by atoms with E-state index in [1.54, 1.807) is 12.1 Å². The first-order valence-corrected chi connectivity index (χ1v) is 8.05. The average Bonchev–Trinajstić information content (AvgIpc) is 2.26. The van der Waals surface area contributed by atoms with Crippen LogP contribution in [0.25, 0.3) is 0 Å². The summed E-state index contributed by atoms with van der Waals surface area (Å²) in [5, 5.41) is 0. The van der Waals surface area contributed by atoms with Gasteiger partial charge < -0.3 is 10.5 Å². The van der Waals surface area contributed by atoms with E-state index in [1.807, 2.05) is 0 Å². The highest BCUT2D eigenvalue weighted by molar-refractivity contribution is 9.10. The number of nitrogen functional groups attached to an aromatic ring is 1. The van der Waals surface area contributed by atoms with Crippen LogP contribution < -0.4 is 5.73 Å². The minimum atomic E-state index is -3.02. The number of carbonyl (C=O) groups excluding carboxylic acids is 1.